The van der Waals surface area contributed by atoms with Crippen molar-refractivity contribution in [2.45, 2.75) is 0 Å². The zero-order valence-corrected chi connectivity index (χ0v) is 34.9. The Hall–Kier alpha value is -8.87. The predicted octanol–water partition coefficient (Wildman–Crippen LogP) is 15.3. The average Bonchev–Trinajstić information content (AvgIpc) is 4.03. The van der Waals surface area contributed by atoms with Crippen molar-refractivity contribution in [1.82, 2.24) is 24.1 Å². The Morgan fingerprint density at radius 2 is 0.923 bits per heavy atom. The Balaban J connectivity index is 1.11. The minimum Gasteiger partial charge on any atom is -0.455 e. The normalized spacial score (nSPS) is 12.0. The fourth-order valence-corrected chi connectivity index (χ4v) is 10.3. The number of furan rings is 1. The molecule has 0 radical (unpaired) electrons. The molecule has 0 bridgehead atoms. The SMILES string of the molecule is c1ccc(-c2nc(-c3cc(-n4c5ccccc5c5cc6ccccc6cc54)cc4oc5c6ccccc6ccc5c34)nc(-c3cccc4c3c3ccccc3n4-c3ccccc3)n2)cc1. The monoisotopic (exact) mass is 829 g/mol. The molecule has 6 nitrogen and oxygen atoms in total. The molecule has 14 rings (SSSR count). The van der Waals surface area contributed by atoms with E-state index in [1.54, 1.807) is 0 Å². The molecule has 0 amide bonds. The molecular weight excluding hydrogens is 795 g/mol. The lowest BCUT2D eigenvalue weighted by atomic mass is 10.0. The highest BCUT2D eigenvalue weighted by Gasteiger charge is 2.24. The average molecular weight is 830 g/mol. The van der Waals surface area contributed by atoms with E-state index < -0.39 is 0 Å². The van der Waals surface area contributed by atoms with Gasteiger partial charge in [0.1, 0.15) is 11.2 Å². The highest BCUT2D eigenvalue weighted by atomic mass is 16.3. The van der Waals surface area contributed by atoms with Crippen molar-refractivity contribution in [2.75, 3.05) is 0 Å². The Kier molecular flexibility index (Phi) is 7.59. The number of para-hydroxylation sites is 3. The minimum absolute atomic E-state index is 0.562. The molecule has 302 valence electrons. The number of aromatic nitrogens is 5. The van der Waals surface area contributed by atoms with Gasteiger partial charge in [-0.25, -0.2) is 15.0 Å². The van der Waals surface area contributed by atoms with E-state index in [-0.39, 0.29) is 0 Å². The van der Waals surface area contributed by atoms with Gasteiger partial charge < -0.3 is 13.6 Å². The molecule has 0 saturated carbocycles. The molecule has 10 aromatic carbocycles. The van der Waals surface area contributed by atoms with Crippen molar-refractivity contribution in [2.24, 2.45) is 0 Å². The van der Waals surface area contributed by atoms with Crippen molar-refractivity contribution in [1.29, 1.82) is 0 Å². The van der Waals surface area contributed by atoms with Crippen LogP contribution < -0.4 is 0 Å². The number of fused-ring (bicyclic) bond motifs is 12. The van der Waals surface area contributed by atoms with Gasteiger partial charge in [0.25, 0.3) is 0 Å². The molecule has 4 aromatic heterocycles. The maximum Gasteiger partial charge on any atom is 0.164 e. The molecule has 0 fully saturated rings. The molecule has 14 aromatic rings. The van der Waals surface area contributed by atoms with E-state index in [1.165, 1.54) is 21.5 Å². The molecular formula is C59H35N5O. The Morgan fingerprint density at radius 3 is 1.72 bits per heavy atom. The zero-order valence-electron chi connectivity index (χ0n) is 34.9. The zero-order chi connectivity index (χ0) is 42.6. The Labute approximate surface area is 371 Å². The first-order valence-electron chi connectivity index (χ1n) is 21.9. The summed E-state index contributed by atoms with van der Waals surface area (Å²) in [4.78, 5) is 16.3. The first-order chi connectivity index (χ1) is 32.2. The van der Waals surface area contributed by atoms with Crippen LogP contribution in [-0.2, 0) is 0 Å². The molecule has 0 aliphatic rings. The third-order valence-electron chi connectivity index (χ3n) is 13.1. The molecule has 0 unspecified atom stereocenters. The van der Waals surface area contributed by atoms with E-state index in [9.17, 15) is 0 Å². The maximum atomic E-state index is 7.05. The summed E-state index contributed by atoms with van der Waals surface area (Å²) in [5, 5.41) is 11.1. The highest BCUT2D eigenvalue weighted by Crippen LogP contribution is 2.44. The summed E-state index contributed by atoms with van der Waals surface area (Å²) >= 11 is 0. The second-order valence-corrected chi connectivity index (χ2v) is 16.8. The molecule has 6 heteroatoms. The van der Waals surface area contributed by atoms with E-state index in [4.69, 9.17) is 19.4 Å². The largest absolute Gasteiger partial charge is 0.455 e. The third-order valence-corrected chi connectivity index (χ3v) is 13.1. The lowest BCUT2D eigenvalue weighted by Gasteiger charge is -2.13. The van der Waals surface area contributed by atoms with Crippen LogP contribution in [0.2, 0.25) is 0 Å². The van der Waals surface area contributed by atoms with Gasteiger partial charge in [-0.15, -0.1) is 0 Å². The summed E-state index contributed by atoms with van der Waals surface area (Å²) in [6.07, 6.45) is 0. The van der Waals surface area contributed by atoms with Crippen molar-refractivity contribution >= 4 is 87.1 Å². The number of benzene rings is 10. The smallest absolute Gasteiger partial charge is 0.164 e. The van der Waals surface area contributed by atoms with Gasteiger partial charge in [-0.1, -0.05) is 152 Å². The molecule has 65 heavy (non-hydrogen) atoms. The fraction of sp³-hybridized carbons (Fsp3) is 0. The minimum atomic E-state index is 0.562. The van der Waals surface area contributed by atoms with Crippen molar-refractivity contribution < 1.29 is 4.42 Å². The number of rotatable bonds is 5. The van der Waals surface area contributed by atoms with Gasteiger partial charge >= 0.3 is 0 Å². The van der Waals surface area contributed by atoms with Crippen LogP contribution in [0.4, 0.5) is 0 Å². The molecule has 0 spiro atoms. The summed E-state index contributed by atoms with van der Waals surface area (Å²) in [7, 11) is 0. The van der Waals surface area contributed by atoms with E-state index in [2.05, 4.69) is 203 Å². The van der Waals surface area contributed by atoms with Gasteiger partial charge in [-0.2, -0.15) is 0 Å². The molecule has 0 aliphatic heterocycles. The van der Waals surface area contributed by atoms with Crippen LogP contribution in [0.3, 0.4) is 0 Å². The van der Waals surface area contributed by atoms with Crippen LogP contribution in [0.5, 0.6) is 0 Å². The van der Waals surface area contributed by atoms with E-state index in [1.807, 2.05) is 18.2 Å². The van der Waals surface area contributed by atoms with Crippen molar-refractivity contribution in [3.05, 3.63) is 212 Å². The van der Waals surface area contributed by atoms with Gasteiger partial charge in [0.05, 0.1) is 27.8 Å². The van der Waals surface area contributed by atoms with Gasteiger partial charge in [-0.05, 0) is 70.8 Å². The quantitative estimate of drug-likeness (QED) is 0.173. The molecule has 0 atom stereocenters. The summed E-state index contributed by atoms with van der Waals surface area (Å²) in [6.45, 7) is 0. The number of hydrogen-bond acceptors (Lipinski definition) is 4. The lowest BCUT2D eigenvalue weighted by Crippen LogP contribution is -2.02. The molecule has 0 N–H and O–H groups in total. The molecule has 0 saturated heterocycles. The second-order valence-electron chi connectivity index (χ2n) is 16.8. The first kappa shape index (κ1) is 35.7. The molecule has 4 heterocycles. The Bertz CT molecular complexity index is 4240. The van der Waals surface area contributed by atoms with E-state index >= 15 is 0 Å². The number of hydrogen-bond donors (Lipinski definition) is 0. The summed E-state index contributed by atoms with van der Waals surface area (Å²) in [5.74, 6) is 1.75. The number of nitrogens with zero attached hydrogens (tertiary/aromatic N) is 5. The fourth-order valence-electron chi connectivity index (χ4n) is 10.3. The van der Waals surface area contributed by atoms with E-state index in [0.717, 1.165) is 93.6 Å². The summed E-state index contributed by atoms with van der Waals surface area (Å²) < 4.78 is 11.8. The van der Waals surface area contributed by atoms with Crippen LogP contribution in [0.1, 0.15) is 0 Å². The Morgan fingerprint density at radius 1 is 0.323 bits per heavy atom. The standard InChI is InChI=1S/C59H35N5O/c1-3-17-37(18-4-1)57-60-58(46-26-15-29-51-54(46)44-25-12-14-28-50(44)63(51)40-21-5-2-6-22-40)62-59(61-57)48-34-41(35-53-55(48)45-31-30-36-16-9-10-23-42(36)56(45)65-53)64-49-27-13-11-24-43(49)47-32-38-19-7-8-20-39(38)33-52(47)64/h1-35H. The third kappa shape index (κ3) is 5.38. The van der Waals surface area contributed by atoms with Crippen molar-refractivity contribution in [3.8, 4) is 45.5 Å². The van der Waals surface area contributed by atoms with Crippen LogP contribution in [0, 0.1) is 0 Å². The van der Waals surface area contributed by atoms with E-state index in [0.29, 0.717) is 17.5 Å². The predicted molar refractivity (Wildman–Crippen MR) is 267 cm³/mol. The maximum absolute atomic E-state index is 7.05. The van der Waals surface area contributed by atoms with Crippen LogP contribution in [0.25, 0.3) is 133 Å². The van der Waals surface area contributed by atoms with Crippen molar-refractivity contribution in [3.63, 3.8) is 0 Å². The lowest BCUT2D eigenvalue weighted by molar-refractivity contribution is 0.672. The van der Waals surface area contributed by atoms with Gasteiger partial charge in [0.15, 0.2) is 17.5 Å². The van der Waals surface area contributed by atoms with Gasteiger partial charge in [0, 0.05) is 66.1 Å². The van der Waals surface area contributed by atoms with Crippen LogP contribution in [-0.4, -0.2) is 24.1 Å². The van der Waals surface area contributed by atoms with Crippen LogP contribution >= 0.6 is 0 Å². The topological polar surface area (TPSA) is 61.7 Å². The molecule has 0 aliphatic carbocycles. The second kappa shape index (κ2) is 13.8. The highest BCUT2D eigenvalue weighted by molar-refractivity contribution is 6.20. The van der Waals surface area contributed by atoms with Crippen LogP contribution in [0.15, 0.2) is 217 Å². The first-order valence-corrected chi connectivity index (χ1v) is 21.9. The summed E-state index contributed by atoms with van der Waals surface area (Å²) in [5.41, 5.74) is 10.7. The van der Waals surface area contributed by atoms with Gasteiger partial charge in [-0.3, -0.25) is 0 Å². The van der Waals surface area contributed by atoms with Gasteiger partial charge in [0.2, 0.25) is 0 Å². The summed E-state index contributed by atoms with van der Waals surface area (Å²) in [6, 6.07) is 74.9.